The molecule has 56 valence electrons. The second-order valence-corrected chi connectivity index (χ2v) is 2.61. The lowest BCUT2D eigenvalue weighted by atomic mass is 10.2. The topological polar surface area (TPSA) is 55.3 Å². The summed E-state index contributed by atoms with van der Waals surface area (Å²) in [6, 6.07) is 0. The summed E-state index contributed by atoms with van der Waals surface area (Å²) in [5.74, 6) is 0. The lowest BCUT2D eigenvalue weighted by molar-refractivity contribution is 0.385. The lowest BCUT2D eigenvalue weighted by Gasteiger charge is -2.09. The maximum absolute atomic E-state index is 5.34. The van der Waals surface area contributed by atoms with Crippen LogP contribution in [0.4, 0.5) is 0 Å². The highest BCUT2D eigenvalue weighted by atomic mass is 15.0. The van der Waals surface area contributed by atoms with E-state index in [1.54, 1.807) is 0 Å². The van der Waals surface area contributed by atoms with E-state index in [1.165, 1.54) is 0 Å². The molecular formula is C6H17N3. The number of nitrogens with two attached hydrogens (primary N) is 2. The molecule has 0 heterocycles. The van der Waals surface area contributed by atoms with E-state index in [1.807, 2.05) is 14.1 Å². The van der Waals surface area contributed by atoms with Crippen molar-refractivity contribution < 1.29 is 0 Å². The minimum atomic E-state index is -0.134. The first-order chi connectivity index (χ1) is 4.13. The highest BCUT2D eigenvalue weighted by molar-refractivity contribution is 4.52. The summed E-state index contributed by atoms with van der Waals surface area (Å²) in [6.45, 7) is 1.07. The zero-order chi connectivity index (χ0) is 7.28. The third-order valence-corrected chi connectivity index (χ3v) is 1.14. The second kappa shape index (κ2) is 4.73. The van der Waals surface area contributed by atoms with Crippen molar-refractivity contribution in [2.24, 2.45) is 11.5 Å². The number of hydrogen-bond acceptors (Lipinski definition) is 3. The van der Waals surface area contributed by atoms with Crippen molar-refractivity contribution >= 4 is 0 Å². The third kappa shape index (κ3) is 7.88. The van der Waals surface area contributed by atoms with Crippen LogP contribution in [0.25, 0.3) is 0 Å². The Morgan fingerprint density at radius 2 is 1.89 bits per heavy atom. The molecule has 0 amide bonds. The molecule has 0 bridgehead atoms. The van der Waals surface area contributed by atoms with E-state index in [0.717, 1.165) is 19.4 Å². The van der Waals surface area contributed by atoms with Crippen LogP contribution in [0.15, 0.2) is 0 Å². The maximum atomic E-state index is 5.34. The fourth-order valence-corrected chi connectivity index (χ4v) is 0.643. The lowest BCUT2D eigenvalue weighted by Crippen LogP contribution is -2.31. The van der Waals surface area contributed by atoms with Gasteiger partial charge >= 0.3 is 0 Å². The van der Waals surface area contributed by atoms with Gasteiger partial charge in [-0.1, -0.05) is 0 Å². The van der Waals surface area contributed by atoms with E-state index in [2.05, 4.69) is 4.90 Å². The number of nitrogens with zero attached hydrogens (tertiary/aromatic N) is 1. The minimum Gasteiger partial charge on any atom is -0.316 e. The van der Waals surface area contributed by atoms with E-state index >= 15 is 0 Å². The molecule has 0 aromatic carbocycles. The summed E-state index contributed by atoms with van der Waals surface area (Å²) in [4.78, 5) is 2.13. The fraction of sp³-hybridized carbons (Fsp3) is 1.00. The Hall–Kier alpha value is -0.120. The van der Waals surface area contributed by atoms with Gasteiger partial charge in [-0.3, -0.25) is 0 Å². The molecule has 0 aromatic heterocycles. The largest absolute Gasteiger partial charge is 0.316 e. The Balaban J connectivity index is 2.91. The summed E-state index contributed by atoms with van der Waals surface area (Å²) in [5, 5.41) is 0. The molecule has 0 atom stereocenters. The molecule has 0 saturated heterocycles. The Labute approximate surface area is 57.0 Å². The quantitative estimate of drug-likeness (QED) is 0.509. The first kappa shape index (κ1) is 8.88. The van der Waals surface area contributed by atoms with Gasteiger partial charge < -0.3 is 16.4 Å². The molecule has 3 heteroatoms. The average molecular weight is 131 g/mol. The van der Waals surface area contributed by atoms with Crippen molar-refractivity contribution in [1.82, 2.24) is 4.90 Å². The Kier molecular flexibility index (Phi) is 4.67. The zero-order valence-electron chi connectivity index (χ0n) is 6.30. The molecule has 0 aliphatic carbocycles. The molecule has 9 heavy (non-hydrogen) atoms. The predicted molar refractivity (Wildman–Crippen MR) is 40.0 cm³/mol. The summed E-state index contributed by atoms with van der Waals surface area (Å²) in [5.41, 5.74) is 10.7. The van der Waals surface area contributed by atoms with Gasteiger partial charge in [0.15, 0.2) is 0 Å². The average Bonchev–Trinajstić information content (AvgIpc) is 1.63. The van der Waals surface area contributed by atoms with Gasteiger partial charge in [0.05, 0.1) is 6.17 Å². The molecule has 0 aromatic rings. The summed E-state index contributed by atoms with van der Waals surface area (Å²) in [7, 11) is 4.09. The van der Waals surface area contributed by atoms with Crippen molar-refractivity contribution in [3.8, 4) is 0 Å². The third-order valence-electron chi connectivity index (χ3n) is 1.14. The molecule has 3 nitrogen and oxygen atoms in total. The highest BCUT2D eigenvalue weighted by Gasteiger charge is 1.93. The zero-order valence-corrected chi connectivity index (χ0v) is 6.30. The Morgan fingerprint density at radius 1 is 1.33 bits per heavy atom. The molecule has 0 aliphatic heterocycles. The van der Waals surface area contributed by atoms with E-state index in [9.17, 15) is 0 Å². The number of rotatable bonds is 4. The maximum Gasteiger partial charge on any atom is 0.0521 e. The van der Waals surface area contributed by atoms with Crippen molar-refractivity contribution in [3.63, 3.8) is 0 Å². The highest BCUT2D eigenvalue weighted by Crippen LogP contribution is 1.89. The van der Waals surface area contributed by atoms with Gasteiger partial charge in [0.25, 0.3) is 0 Å². The summed E-state index contributed by atoms with van der Waals surface area (Å²) >= 11 is 0. The van der Waals surface area contributed by atoms with Crippen LogP contribution in [-0.2, 0) is 0 Å². The number of hydrogen-bond donors (Lipinski definition) is 2. The van der Waals surface area contributed by atoms with Crippen LogP contribution in [0.2, 0.25) is 0 Å². The molecule has 4 N–H and O–H groups in total. The summed E-state index contributed by atoms with van der Waals surface area (Å²) < 4.78 is 0. The summed E-state index contributed by atoms with van der Waals surface area (Å²) in [6.07, 6.45) is 1.87. The van der Waals surface area contributed by atoms with Gasteiger partial charge in [0.1, 0.15) is 0 Å². The van der Waals surface area contributed by atoms with Gasteiger partial charge in [-0.25, -0.2) is 0 Å². The molecule has 0 spiro atoms. The van der Waals surface area contributed by atoms with E-state index < -0.39 is 0 Å². The Bertz CT molecular complexity index is 53.3. The van der Waals surface area contributed by atoms with Crippen LogP contribution >= 0.6 is 0 Å². The molecule has 0 saturated carbocycles. The van der Waals surface area contributed by atoms with Crippen molar-refractivity contribution in [2.75, 3.05) is 20.6 Å². The fourth-order valence-electron chi connectivity index (χ4n) is 0.643. The SMILES string of the molecule is CN(C)CCCC(N)N. The van der Waals surface area contributed by atoms with E-state index in [-0.39, 0.29) is 6.17 Å². The van der Waals surface area contributed by atoms with E-state index in [0.29, 0.717) is 0 Å². The molecule has 0 aliphatic rings. The van der Waals surface area contributed by atoms with Crippen LogP contribution in [0.1, 0.15) is 12.8 Å². The van der Waals surface area contributed by atoms with Crippen molar-refractivity contribution in [2.45, 2.75) is 19.0 Å². The minimum absolute atomic E-state index is 0.134. The molecule has 0 fully saturated rings. The molecule has 0 rings (SSSR count). The first-order valence-corrected chi connectivity index (χ1v) is 3.29. The van der Waals surface area contributed by atoms with Gasteiger partial charge in [-0.05, 0) is 33.5 Å². The van der Waals surface area contributed by atoms with Gasteiger partial charge in [-0.2, -0.15) is 0 Å². The normalized spacial score (nSPS) is 11.3. The van der Waals surface area contributed by atoms with Crippen LogP contribution in [-0.4, -0.2) is 31.7 Å². The standard InChI is InChI=1S/C6H17N3/c1-9(2)5-3-4-6(7)8/h6H,3-5,7-8H2,1-2H3. The van der Waals surface area contributed by atoms with Gasteiger partial charge in [0.2, 0.25) is 0 Å². The van der Waals surface area contributed by atoms with Crippen molar-refractivity contribution in [1.29, 1.82) is 0 Å². The smallest absolute Gasteiger partial charge is 0.0521 e. The van der Waals surface area contributed by atoms with Gasteiger partial charge in [0, 0.05) is 0 Å². The van der Waals surface area contributed by atoms with Crippen LogP contribution in [0.5, 0.6) is 0 Å². The monoisotopic (exact) mass is 131 g/mol. The second-order valence-electron chi connectivity index (χ2n) is 2.61. The van der Waals surface area contributed by atoms with Crippen LogP contribution < -0.4 is 11.5 Å². The van der Waals surface area contributed by atoms with Crippen LogP contribution in [0.3, 0.4) is 0 Å². The molecule has 0 radical (unpaired) electrons. The van der Waals surface area contributed by atoms with Crippen molar-refractivity contribution in [3.05, 3.63) is 0 Å². The first-order valence-electron chi connectivity index (χ1n) is 3.29. The van der Waals surface area contributed by atoms with Crippen LogP contribution in [0, 0.1) is 0 Å². The molecular weight excluding hydrogens is 114 g/mol. The predicted octanol–water partition coefficient (Wildman–Crippen LogP) is -0.428. The molecule has 0 unspecified atom stereocenters. The van der Waals surface area contributed by atoms with Gasteiger partial charge in [-0.15, -0.1) is 0 Å². The van der Waals surface area contributed by atoms with E-state index in [4.69, 9.17) is 11.5 Å². The Morgan fingerprint density at radius 3 is 2.22 bits per heavy atom.